The third kappa shape index (κ3) is 7.55. The maximum absolute atomic E-state index is 11.6. The highest BCUT2D eigenvalue weighted by molar-refractivity contribution is 5.96. The third-order valence-corrected chi connectivity index (χ3v) is 7.67. The maximum atomic E-state index is 11.6. The van der Waals surface area contributed by atoms with Crippen LogP contribution >= 0.6 is 0 Å². The number of hydrogen-bond acceptors (Lipinski definition) is 3. The summed E-state index contributed by atoms with van der Waals surface area (Å²) in [4.78, 5) is 11.6. The van der Waals surface area contributed by atoms with Crippen molar-refractivity contribution in [1.82, 2.24) is 5.32 Å². The first-order valence-electron chi connectivity index (χ1n) is 14.1. The number of carboxylic acid groups (broad SMARTS) is 1. The molecule has 0 aliphatic carbocycles. The van der Waals surface area contributed by atoms with Crippen LogP contribution in [-0.4, -0.2) is 11.1 Å². The molecule has 0 amide bonds. The van der Waals surface area contributed by atoms with Crippen LogP contribution in [-0.2, 0) is 19.4 Å². The van der Waals surface area contributed by atoms with Crippen LogP contribution in [0.2, 0.25) is 0 Å². The van der Waals surface area contributed by atoms with E-state index in [0.717, 1.165) is 46.5 Å². The predicted octanol–water partition coefficient (Wildman–Crippen LogP) is 8.63. The molecule has 4 nitrogen and oxygen atoms in total. The van der Waals surface area contributed by atoms with Crippen molar-refractivity contribution in [2.75, 3.05) is 5.73 Å². The number of nitrogens with one attached hydrogen (secondary N) is 1. The van der Waals surface area contributed by atoms with E-state index in [9.17, 15) is 9.90 Å². The van der Waals surface area contributed by atoms with Crippen molar-refractivity contribution in [3.8, 4) is 11.1 Å². The Kier molecular flexibility index (Phi) is 9.46. The molecule has 0 aliphatic heterocycles. The number of nitrogens with two attached hydrogens (primary N) is 1. The van der Waals surface area contributed by atoms with Crippen LogP contribution in [0.5, 0.6) is 0 Å². The van der Waals surface area contributed by atoms with E-state index in [1.807, 2.05) is 48.5 Å². The SMILES string of the molecule is C=C(NCc1ccc(N)cc1)c1ccc(CC(C)Cc2ccc(-c3ccccc3C(=O)O)cc2)c(C(C)=C(C)C)c1. The summed E-state index contributed by atoms with van der Waals surface area (Å²) in [7, 11) is 0. The molecule has 4 heteroatoms. The number of benzene rings is 4. The highest BCUT2D eigenvalue weighted by Gasteiger charge is 2.14. The van der Waals surface area contributed by atoms with Crippen LogP contribution < -0.4 is 11.1 Å². The molecule has 0 saturated carbocycles. The smallest absolute Gasteiger partial charge is 0.336 e. The van der Waals surface area contributed by atoms with Crippen LogP contribution in [0.3, 0.4) is 0 Å². The molecule has 210 valence electrons. The number of aromatic carboxylic acids is 1. The summed E-state index contributed by atoms with van der Waals surface area (Å²) in [5.74, 6) is -0.485. The molecular formula is C37H40N2O2. The minimum absolute atomic E-state index is 0.322. The predicted molar refractivity (Wildman–Crippen MR) is 173 cm³/mol. The van der Waals surface area contributed by atoms with Gasteiger partial charge in [0.25, 0.3) is 0 Å². The fourth-order valence-electron chi connectivity index (χ4n) is 5.10. The van der Waals surface area contributed by atoms with Gasteiger partial charge in [0.1, 0.15) is 0 Å². The molecule has 0 bridgehead atoms. The van der Waals surface area contributed by atoms with Crippen LogP contribution in [0.4, 0.5) is 5.69 Å². The lowest BCUT2D eigenvalue weighted by molar-refractivity contribution is 0.0697. The van der Waals surface area contributed by atoms with Gasteiger partial charge in [-0.05, 0) is 108 Å². The lowest BCUT2D eigenvalue weighted by Gasteiger charge is -2.19. The Bertz CT molecular complexity index is 1560. The molecule has 4 N–H and O–H groups in total. The second kappa shape index (κ2) is 13.2. The zero-order valence-electron chi connectivity index (χ0n) is 24.5. The van der Waals surface area contributed by atoms with Crippen molar-refractivity contribution >= 4 is 22.9 Å². The quantitative estimate of drug-likeness (QED) is 0.165. The van der Waals surface area contributed by atoms with E-state index in [1.54, 1.807) is 12.1 Å². The zero-order valence-corrected chi connectivity index (χ0v) is 24.5. The summed E-state index contributed by atoms with van der Waals surface area (Å²) in [6, 6.07) is 30.0. The first kappa shape index (κ1) is 29.4. The van der Waals surface area contributed by atoms with Crippen molar-refractivity contribution < 1.29 is 9.90 Å². The van der Waals surface area contributed by atoms with Crippen LogP contribution in [0.1, 0.15) is 65.9 Å². The zero-order chi connectivity index (χ0) is 29.5. The number of allylic oxidation sites excluding steroid dienone is 2. The molecule has 41 heavy (non-hydrogen) atoms. The molecule has 4 aromatic carbocycles. The molecule has 0 saturated heterocycles. The molecule has 4 aromatic rings. The van der Waals surface area contributed by atoms with Crippen LogP contribution in [0.15, 0.2) is 103 Å². The lowest BCUT2D eigenvalue weighted by atomic mass is 9.87. The van der Waals surface area contributed by atoms with Gasteiger partial charge >= 0.3 is 5.97 Å². The minimum atomic E-state index is -0.909. The highest BCUT2D eigenvalue weighted by atomic mass is 16.4. The van der Waals surface area contributed by atoms with E-state index >= 15 is 0 Å². The Morgan fingerprint density at radius 1 is 0.854 bits per heavy atom. The first-order valence-corrected chi connectivity index (χ1v) is 14.1. The molecule has 0 heterocycles. The Balaban J connectivity index is 1.47. The van der Waals surface area contributed by atoms with Gasteiger partial charge in [0.2, 0.25) is 0 Å². The van der Waals surface area contributed by atoms with E-state index < -0.39 is 5.97 Å². The highest BCUT2D eigenvalue weighted by Crippen LogP contribution is 2.29. The normalized spacial score (nSPS) is 11.5. The van der Waals surface area contributed by atoms with Crippen molar-refractivity contribution in [2.24, 2.45) is 5.92 Å². The van der Waals surface area contributed by atoms with E-state index in [4.69, 9.17) is 5.73 Å². The van der Waals surface area contributed by atoms with Gasteiger partial charge in [-0.15, -0.1) is 0 Å². The Morgan fingerprint density at radius 3 is 2.17 bits per heavy atom. The van der Waals surface area contributed by atoms with Gasteiger partial charge in [-0.1, -0.05) is 85.8 Å². The number of rotatable bonds is 11. The van der Waals surface area contributed by atoms with Gasteiger partial charge in [0, 0.05) is 17.9 Å². The molecule has 0 aliphatic rings. The summed E-state index contributed by atoms with van der Waals surface area (Å²) in [6.07, 6.45) is 1.89. The molecule has 0 spiro atoms. The van der Waals surface area contributed by atoms with Crippen molar-refractivity contribution in [3.05, 3.63) is 137 Å². The van der Waals surface area contributed by atoms with Gasteiger partial charge in [-0.25, -0.2) is 4.79 Å². The molecule has 1 atom stereocenters. The summed E-state index contributed by atoms with van der Waals surface area (Å²) in [5, 5.41) is 13.0. The van der Waals surface area contributed by atoms with Crippen molar-refractivity contribution in [2.45, 2.75) is 47.1 Å². The molecule has 1 unspecified atom stereocenters. The molecule has 0 radical (unpaired) electrons. The second-order valence-electron chi connectivity index (χ2n) is 11.1. The fourth-order valence-corrected chi connectivity index (χ4v) is 5.10. The van der Waals surface area contributed by atoms with E-state index in [-0.39, 0.29) is 0 Å². The maximum Gasteiger partial charge on any atom is 0.336 e. The van der Waals surface area contributed by atoms with Crippen LogP contribution in [0.25, 0.3) is 22.4 Å². The first-order chi connectivity index (χ1) is 19.6. The van der Waals surface area contributed by atoms with Gasteiger partial charge in [-0.2, -0.15) is 0 Å². The largest absolute Gasteiger partial charge is 0.478 e. The topological polar surface area (TPSA) is 75.3 Å². The van der Waals surface area contributed by atoms with Crippen LogP contribution in [0, 0.1) is 5.92 Å². The van der Waals surface area contributed by atoms with E-state index in [0.29, 0.717) is 18.0 Å². The van der Waals surface area contributed by atoms with E-state index in [1.165, 1.54) is 27.8 Å². The Hall–Kier alpha value is -4.57. The average Bonchev–Trinajstić information content (AvgIpc) is 2.96. The molecule has 0 aromatic heterocycles. The van der Waals surface area contributed by atoms with Crippen molar-refractivity contribution in [3.63, 3.8) is 0 Å². The fraction of sp³-hybridized carbons (Fsp3) is 0.216. The van der Waals surface area contributed by atoms with E-state index in [2.05, 4.69) is 69.9 Å². The number of nitrogen functional groups attached to an aromatic ring is 1. The number of anilines is 1. The summed E-state index contributed by atoms with van der Waals surface area (Å²) < 4.78 is 0. The van der Waals surface area contributed by atoms with Crippen molar-refractivity contribution in [1.29, 1.82) is 0 Å². The Labute approximate surface area is 244 Å². The summed E-state index contributed by atoms with van der Waals surface area (Å²) in [5.41, 5.74) is 18.1. The number of hydrogen-bond donors (Lipinski definition) is 3. The lowest BCUT2D eigenvalue weighted by Crippen LogP contribution is -2.12. The summed E-state index contributed by atoms with van der Waals surface area (Å²) >= 11 is 0. The minimum Gasteiger partial charge on any atom is -0.478 e. The summed E-state index contributed by atoms with van der Waals surface area (Å²) in [6.45, 7) is 13.8. The number of carbonyl (C=O) groups is 1. The monoisotopic (exact) mass is 544 g/mol. The molecule has 0 fully saturated rings. The molecule has 4 rings (SSSR count). The number of carboxylic acids is 1. The second-order valence-corrected chi connectivity index (χ2v) is 11.1. The molecular weight excluding hydrogens is 504 g/mol. The average molecular weight is 545 g/mol. The van der Waals surface area contributed by atoms with Gasteiger partial charge in [0.05, 0.1) is 5.56 Å². The van der Waals surface area contributed by atoms with Gasteiger partial charge in [-0.3, -0.25) is 0 Å². The standard InChI is InChI=1S/C37H40N2O2/c1-24(2)26(4)36-22-31(27(5)39-23-29-12-18-33(38)19-13-29)16-17-32(36)21-25(3)20-28-10-14-30(15-11-28)34-8-6-7-9-35(34)37(40)41/h6-19,22,25,39H,5,20-21,23,38H2,1-4H3,(H,40,41). The van der Waals surface area contributed by atoms with Gasteiger partial charge in [0.15, 0.2) is 0 Å². The Morgan fingerprint density at radius 2 is 1.51 bits per heavy atom. The third-order valence-electron chi connectivity index (χ3n) is 7.67. The van der Waals surface area contributed by atoms with Gasteiger partial charge < -0.3 is 16.2 Å².